The van der Waals surface area contributed by atoms with E-state index in [1.54, 1.807) is 6.26 Å². The van der Waals surface area contributed by atoms with Crippen molar-refractivity contribution in [1.82, 2.24) is 15.6 Å². The highest BCUT2D eigenvalue weighted by Crippen LogP contribution is 2.08. The third-order valence-corrected chi connectivity index (χ3v) is 3.00. The van der Waals surface area contributed by atoms with Gasteiger partial charge in [-0.15, -0.1) is 24.0 Å². The van der Waals surface area contributed by atoms with Crippen LogP contribution in [0.15, 0.2) is 46.0 Å². The molecule has 0 atom stereocenters. The molecule has 6 nitrogen and oxygen atoms in total. The molecule has 0 aromatic carbocycles. The molecule has 0 saturated heterocycles. The Labute approximate surface area is 154 Å². The maximum Gasteiger partial charge on any atom is 0.192 e. The second kappa shape index (κ2) is 10.1. The maximum absolute atomic E-state index is 5.30. The van der Waals surface area contributed by atoms with Gasteiger partial charge in [0.1, 0.15) is 11.6 Å². The van der Waals surface area contributed by atoms with E-state index in [2.05, 4.69) is 20.6 Å². The molecule has 0 saturated carbocycles. The van der Waals surface area contributed by atoms with Crippen molar-refractivity contribution < 1.29 is 4.42 Å². The van der Waals surface area contributed by atoms with E-state index in [0.29, 0.717) is 13.1 Å². The smallest absolute Gasteiger partial charge is 0.192 e. The number of furan rings is 1. The van der Waals surface area contributed by atoms with Crippen LogP contribution in [0.25, 0.3) is 0 Å². The summed E-state index contributed by atoms with van der Waals surface area (Å²) < 4.78 is 5.30. The van der Waals surface area contributed by atoms with Gasteiger partial charge in [0.05, 0.1) is 25.0 Å². The number of pyridine rings is 1. The Morgan fingerprint density at radius 2 is 2.04 bits per heavy atom. The SMILES string of the molecule is CCNC(=NCc1cccc(N(C)C)n1)NCc1ccco1.I. The lowest BCUT2D eigenvalue weighted by Gasteiger charge is -2.12. The lowest BCUT2D eigenvalue weighted by atomic mass is 10.3. The predicted molar refractivity (Wildman–Crippen MR) is 104 cm³/mol. The molecule has 0 fully saturated rings. The number of aliphatic imine (C=N–C) groups is 1. The van der Waals surface area contributed by atoms with Crippen molar-refractivity contribution in [3.8, 4) is 0 Å². The van der Waals surface area contributed by atoms with E-state index in [9.17, 15) is 0 Å². The molecule has 0 radical (unpaired) electrons. The fourth-order valence-electron chi connectivity index (χ4n) is 1.89. The largest absolute Gasteiger partial charge is 0.467 e. The van der Waals surface area contributed by atoms with Crippen molar-refractivity contribution in [2.24, 2.45) is 4.99 Å². The lowest BCUT2D eigenvalue weighted by molar-refractivity contribution is 0.501. The molecular weight excluding hydrogens is 405 g/mol. The third-order valence-electron chi connectivity index (χ3n) is 3.00. The molecule has 23 heavy (non-hydrogen) atoms. The van der Waals surface area contributed by atoms with Crippen molar-refractivity contribution >= 4 is 35.8 Å². The Kier molecular flexibility index (Phi) is 8.46. The molecule has 0 aliphatic carbocycles. The predicted octanol–water partition coefficient (Wildman–Crippen LogP) is 2.61. The van der Waals surface area contributed by atoms with Crippen LogP contribution in [0.4, 0.5) is 5.82 Å². The van der Waals surface area contributed by atoms with Gasteiger partial charge >= 0.3 is 0 Å². The van der Waals surface area contributed by atoms with E-state index >= 15 is 0 Å². The topological polar surface area (TPSA) is 65.7 Å². The minimum absolute atomic E-state index is 0. The number of hydrogen-bond acceptors (Lipinski definition) is 4. The first-order valence-corrected chi connectivity index (χ1v) is 7.37. The minimum Gasteiger partial charge on any atom is -0.467 e. The first kappa shape index (κ1) is 19.3. The summed E-state index contributed by atoms with van der Waals surface area (Å²) in [5, 5.41) is 6.45. The van der Waals surface area contributed by atoms with E-state index in [0.717, 1.165) is 29.8 Å². The fourth-order valence-corrected chi connectivity index (χ4v) is 1.89. The summed E-state index contributed by atoms with van der Waals surface area (Å²) in [4.78, 5) is 11.1. The molecule has 0 bridgehead atoms. The van der Waals surface area contributed by atoms with Crippen LogP contribution >= 0.6 is 24.0 Å². The summed E-state index contributed by atoms with van der Waals surface area (Å²) in [7, 11) is 3.95. The summed E-state index contributed by atoms with van der Waals surface area (Å²) in [6.45, 7) is 3.96. The lowest BCUT2D eigenvalue weighted by Crippen LogP contribution is -2.36. The molecule has 0 aliphatic heterocycles. The zero-order chi connectivity index (χ0) is 15.8. The van der Waals surface area contributed by atoms with E-state index in [1.165, 1.54) is 0 Å². The van der Waals surface area contributed by atoms with Gasteiger partial charge in [0, 0.05) is 20.6 Å². The Morgan fingerprint density at radius 3 is 2.70 bits per heavy atom. The Morgan fingerprint density at radius 1 is 1.22 bits per heavy atom. The van der Waals surface area contributed by atoms with Crippen LogP contribution in [0, 0.1) is 0 Å². The molecule has 0 aliphatic rings. The number of hydrogen-bond donors (Lipinski definition) is 2. The zero-order valence-electron chi connectivity index (χ0n) is 13.7. The summed E-state index contributed by atoms with van der Waals surface area (Å²) in [6.07, 6.45) is 1.66. The van der Waals surface area contributed by atoms with Crippen LogP contribution in [-0.4, -0.2) is 31.6 Å². The summed E-state index contributed by atoms with van der Waals surface area (Å²) in [5.74, 6) is 2.55. The van der Waals surface area contributed by atoms with Crippen LogP contribution in [0.2, 0.25) is 0 Å². The number of guanidine groups is 1. The van der Waals surface area contributed by atoms with Gasteiger partial charge in [-0.2, -0.15) is 0 Å². The monoisotopic (exact) mass is 429 g/mol. The normalized spacial score (nSPS) is 10.8. The molecule has 0 amide bonds. The van der Waals surface area contributed by atoms with Gasteiger partial charge in [-0.3, -0.25) is 0 Å². The van der Waals surface area contributed by atoms with Gasteiger partial charge < -0.3 is 20.0 Å². The first-order valence-electron chi connectivity index (χ1n) is 7.37. The average molecular weight is 429 g/mol. The Bertz CT molecular complexity index is 598. The van der Waals surface area contributed by atoms with Gasteiger partial charge in [-0.05, 0) is 31.2 Å². The molecule has 7 heteroatoms. The van der Waals surface area contributed by atoms with Crippen molar-refractivity contribution in [3.63, 3.8) is 0 Å². The number of aromatic nitrogens is 1. The molecule has 2 rings (SSSR count). The quantitative estimate of drug-likeness (QED) is 0.420. The third kappa shape index (κ3) is 6.47. The van der Waals surface area contributed by atoms with Crippen LogP contribution in [0.1, 0.15) is 18.4 Å². The van der Waals surface area contributed by atoms with Crippen molar-refractivity contribution in [1.29, 1.82) is 0 Å². The second-order valence-corrected chi connectivity index (χ2v) is 5.01. The molecular formula is C16H24IN5O. The van der Waals surface area contributed by atoms with Crippen molar-refractivity contribution in [2.45, 2.75) is 20.0 Å². The molecule has 0 spiro atoms. The molecule has 2 aromatic heterocycles. The molecule has 0 unspecified atom stereocenters. The first-order chi connectivity index (χ1) is 10.7. The van der Waals surface area contributed by atoms with Crippen molar-refractivity contribution in [2.75, 3.05) is 25.5 Å². The van der Waals surface area contributed by atoms with Gasteiger partial charge in [0.15, 0.2) is 5.96 Å². The number of anilines is 1. The summed E-state index contributed by atoms with van der Waals surface area (Å²) in [5.41, 5.74) is 0.932. The molecule has 2 N–H and O–H groups in total. The maximum atomic E-state index is 5.30. The van der Waals surface area contributed by atoms with Crippen LogP contribution in [-0.2, 0) is 13.1 Å². The summed E-state index contributed by atoms with van der Waals surface area (Å²) >= 11 is 0. The van der Waals surface area contributed by atoms with E-state index in [4.69, 9.17) is 4.42 Å². The van der Waals surface area contributed by atoms with E-state index in [-0.39, 0.29) is 24.0 Å². The van der Waals surface area contributed by atoms with E-state index < -0.39 is 0 Å². The van der Waals surface area contributed by atoms with E-state index in [1.807, 2.05) is 56.3 Å². The number of halogens is 1. The summed E-state index contributed by atoms with van der Waals surface area (Å²) in [6, 6.07) is 9.76. The molecule has 2 heterocycles. The average Bonchev–Trinajstić information content (AvgIpc) is 3.03. The zero-order valence-corrected chi connectivity index (χ0v) is 16.1. The van der Waals surface area contributed by atoms with Gasteiger partial charge in [-0.1, -0.05) is 6.07 Å². The Hall–Kier alpha value is -1.77. The van der Waals surface area contributed by atoms with Crippen LogP contribution in [0.5, 0.6) is 0 Å². The standard InChI is InChI=1S/C16H23N5O.HI/c1-4-17-16(19-12-14-8-6-10-22-14)18-11-13-7-5-9-15(20-13)21(2)3;/h5-10H,4,11-12H2,1-3H3,(H2,17,18,19);1H. The van der Waals surface area contributed by atoms with Crippen molar-refractivity contribution in [3.05, 3.63) is 48.0 Å². The second-order valence-electron chi connectivity index (χ2n) is 5.01. The van der Waals surface area contributed by atoms with Gasteiger partial charge in [-0.25, -0.2) is 9.98 Å². The number of nitrogens with one attached hydrogen (secondary N) is 2. The molecule has 126 valence electrons. The Balaban J connectivity index is 0.00000264. The fraction of sp³-hybridized carbons (Fsp3) is 0.375. The highest BCUT2D eigenvalue weighted by atomic mass is 127. The highest BCUT2D eigenvalue weighted by Gasteiger charge is 2.02. The number of rotatable bonds is 6. The highest BCUT2D eigenvalue weighted by molar-refractivity contribution is 14.0. The van der Waals surface area contributed by atoms with Gasteiger partial charge in [0.25, 0.3) is 0 Å². The van der Waals surface area contributed by atoms with Gasteiger partial charge in [0.2, 0.25) is 0 Å². The minimum atomic E-state index is 0. The van der Waals surface area contributed by atoms with Crippen LogP contribution < -0.4 is 15.5 Å². The molecule has 2 aromatic rings. The number of nitrogens with zero attached hydrogens (tertiary/aromatic N) is 3. The van der Waals surface area contributed by atoms with Crippen LogP contribution in [0.3, 0.4) is 0 Å².